The summed E-state index contributed by atoms with van der Waals surface area (Å²) in [6.07, 6.45) is 9.53. The van der Waals surface area contributed by atoms with E-state index in [1.165, 1.54) is 49.7 Å². The molecule has 1 aliphatic rings. The predicted molar refractivity (Wildman–Crippen MR) is 91.5 cm³/mol. The van der Waals surface area contributed by atoms with Gasteiger partial charge >= 0.3 is 0 Å². The normalized spacial score (nSPS) is 17.1. The monoisotopic (exact) mass is 386 g/mol. The van der Waals surface area contributed by atoms with E-state index in [0.717, 1.165) is 12.3 Å². The molecule has 0 unspecified atom stereocenters. The number of hydrogen-bond donors (Lipinski definition) is 0. The van der Waals surface area contributed by atoms with Crippen LogP contribution in [0.1, 0.15) is 54.4 Å². The Morgan fingerprint density at radius 3 is 2.42 bits per heavy atom. The van der Waals surface area contributed by atoms with Gasteiger partial charge < -0.3 is 0 Å². The summed E-state index contributed by atoms with van der Waals surface area (Å²) in [5, 5.41) is 0. The van der Waals surface area contributed by atoms with Gasteiger partial charge in [0.15, 0.2) is 0 Å². The van der Waals surface area contributed by atoms with Crippen molar-refractivity contribution < 1.29 is 0 Å². The third-order valence-electron chi connectivity index (χ3n) is 4.30. The summed E-state index contributed by atoms with van der Waals surface area (Å²) in [5.74, 6) is 0.915. The lowest BCUT2D eigenvalue weighted by molar-refractivity contribution is 0.356. The molecule has 19 heavy (non-hydrogen) atoms. The van der Waals surface area contributed by atoms with E-state index in [2.05, 4.69) is 57.8 Å². The molecule has 1 aromatic carbocycles. The van der Waals surface area contributed by atoms with Gasteiger partial charge in [0.2, 0.25) is 0 Å². The molecule has 0 heterocycles. The molecule has 1 fully saturated rings. The summed E-state index contributed by atoms with van der Waals surface area (Å²) in [7, 11) is 0. The van der Waals surface area contributed by atoms with E-state index in [9.17, 15) is 0 Å². The smallest absolute Gasteiger partial charge is 0.0738 e. The van der Waals surface area contributed by atoms with Gasteiger partial charge in [-0.25, -0.2) is 0 Å². The van der Waals surface area contributed by atoms with Crippen molar-refractivity contribution in [1.29, 1.82) is 0 Å². The maximum absolute atomic E-state index is 3.64. The highest BCUT2D eigenvalue weighted by Gasteiger charge is 2.17. The van der Waals surface area contributed by atoms with Crippen LogP contribution in [0.25, 0.3) is 0 Å². The van der Waals surface area contributed by atoms with E-state index >= 15 is 0 Å². The molecule has 1 aromatic rings. The van der Waals surface area contributed by atoms with Crippen molar-refractivity contribution >= 4 is 31.9 Å². The van der Waals surface area contributed by atoms with Gasteiger partial charge in [-0.3, -0.25) is 0 Å². The molecule has 0 N–H and O–H groups in total. The van der Waals surface area contributed by atoms with Crippen LogP contribution < -0.4 is 0 Å². The van der Waals surface area contributed by atoms with Gasteiger partial charge in [-0.2, -0.15) is 0 Å². The lowest BCUT2D eigenvalue weighted by atomic mass is 9.82. The molecule has 1 saturated carbocycles. The van der Waals surface area contributed by atoms with Gasteiger partial charge in [0, 0.05) is 0 Å². The summed E-state index contributed by atoms with van der Waals surface area (Å²) >= 11 is 7.28. The SMILES string of the molecule is Cc1cc(C)c(CC(Br)Br)c(CC2CCCCC2)c1. The van der Waals surface area contributed by atoms with Crippen LogP contribution in [0.2, 0.25) is 0 Å². The molecule has 106 valence electrons. The number of rotatable bonds is 4. The van der Waals surface area contributed by atoms with Gasteiger partial charge in [0.05, 0.1) is 3.74 Å². The van der Waals surface area contributed by atoms with Crippen molar-refractivity contribution in [3.05, 3.63) is 34.4 Å². The third kappa shape index (κ3) is 4.60. The van der Waals surface area contributed by atoms with Gasteiger partial charge in [-0.1, -0.05) is 81.7 Å². The Kier molecular flexibility index (Phi) is 5.95. The first-order chi connectivity index (χ1) is 9.06. The van der Waals surface area contributed by atoms with E-state index in [1.807, 2.05) is 0 Å². The maximum atomic E-state index is 3.64. The van der Waals surface area contributed by atoms with Crippen LogP contribution in [0.4, 0.5) is 0 Å². The summed E-state index contributed by atoms with van der Waals surface area (Å²) in [6, 6.07) is 4.74. The minimum absolute atomic E-state index is 0.381. The lowest BCUT2D eigenvalue weighted by Gasteiger charge is -2.24. The molecule has 0 atom stereocenters. The van der Waals surface area contributed by atoms with Gasteiger partial charge in [0.25, 0.3) is 0 Å². The summed E-state index contributed by atoms with van der Waals surface area (Å²) < 4.78 is 0.381. The van der Waals surface area contributed by atoms with Crippen LogP contribution in [0.5, 0.6) is 0 Å². The minimum Gasteiger partial charge on any atom is -0.0761 e. The average molecular weight is 388 g/mol. The van der Waals surface area contributed by atoms with E-state index in [4.69, 9.17) is 0 Å². The van der Waals surface area contributed by atoms with Crippen molar-refractivity contribution in [2.75, 3.05) is 0 Å². The Balaban J connectivity index is 2.20. The molecule has 0 amide bonds. The van der Waals surface area contributed by atoms with Crippen LogP contribution in [0.3, 0.4) is 0 Å². The average Bonchev–Trinajstić information content (AvgIpc) is 2.34. The first kappa shape index (κ1) is 15.6. The molecular weight excluding hydrogens is 364 g/mol. The van der Waals surface area contributed by atoms with Crippen molar-refractivity contribution in [3.8, 4) is 0 Å². The molecule has 0 radical (unpaired) electrons. The summed E-state index contributed by atoms with van der Waals surface area (Å²) in [5.41, 5.74) is 6.01. The Labute approximate surface area is 134 Å². The second-order valence-electron chi connectivity index (χ2n) is 6.02. The van der Waals surface area contributed by atoms with E-state index < -0.39 is 0 Å². The fourth-order valence-electron chi connectivity index (χ4n) is 3.42. The number of alkyl halides is 2. The number of hydrogen-bond acceptors (Lipinski definition) is 0. The van der Waals surface area contributed by atoms with Gasteiger partial charge in [-0.15, -0.1) is 0 Å². The first-order valence-electron chi connectivity index (χ1n) is 7.43. The second kappa shape index (κ2) is 7.26. The Hall–Kier alpha value is 0.180. The highest BCUT2D eigenvalue weighted by molar-refractivity contribution is 9.24. The Morgan fingerprint density at radius 1 is 1.11 bits per heavy atom. The molecule has 0 saturated heterocycles. The molecule has 0 nitrogen and oxygen atoms in total. The van der Waals surface area contributed by atoms with Crippen molar-refractivity contribution in [1.82, 2.24) is 0 Å². The Morgan fingerprint density at radius 2 is 1.79 bits per heavy atom. The maximum Gasteiger partial charge on any atom is 0.0738 e. The van der Waals surface area contributed by atoms with Crippen molar-refractivity contribution in [2.24, 2.45) is 5.92 Å². The van der Waals surface area contributed by atoms with Crippen LogP contribution in [-0.4, -0.2) is 3.74 Å². The standard InChI is InChI=1S/C17H24Br2/c1-12-8-13(2)16(11-17(18)19)15(9-12)10-14-6-4-3-5-7-14/h8-9,14,17H,3-7,10-11H2,1-2H3. The fourth-order valence-corrected chi connectivity index (χ4v) is 4.06. The highest BCUT2D eigenvalue weighted by Crippen LogP contribution is 2.30. The molecular formula is C17H24Br2. The van der Waals surface area contributed by atoms with Crippen LogP contribution >= 0.6 is 31.9 Å². The summed E-state index contributed by atoms with van der Waals surface area (Å²) in [6.45, 7) is 4.48. The number of halogens is 2. The van der Waals surface area contributed by atoms with Crippen LogP contribution in [-0.2, 0) is 12.8 Å². The quantitative estimate of drug-likeness (QED) is 0.548. The predicted octanol–water partition coefficient (Wildman–Crippen LogP) is 6.08. The lowest BCUT2D eigenvalue weighted by Crippen LogP contribution is -2.12. The molecule has 0 bridgehead atoms. The van der Waals surface area contributed by atoms with Crippen LogP contribution in [0, 0.1) is 19.8 Å². The topological polar surface area (TPSA) is 0 Å². The first-order valence-corrected chi connectivity index (χ1v) is 9.26. The van der Waals surface area contributed by atoms with Gasteiger partial charge in [0.1, 0.15) is 0 Å². The fraction of sp³-hybridized carbons (Fsp3) is 0.647. The number of aryl methyl sites for hydroxylation is 2. The van der Waals surface area contributed by atoms with E-state index in [0.29, 0.717) is 3.74 Å². The van der Waals surface area contributed by atoms with Crippen molar-refractivity contribution in [2.45, 2.75) is 62.5 Å². The highest BCUT2D eigenvalue weighted by atomic mass is 79.9. The van der Waals surface area contributed by atoms with E-state index in [1.54, 1.807) is 11.1 Å². The molecule has 2 heteroatoms. The Bertz CT molecular complexity index is 418. The zero-order valence-electron chi connectivity index (χ0n) is 12.0. The molecule has 0 aliphatic heterocycles. The molecule has 0 aromatic heterocycles. The molecule has 1 aliphatic carbocycles. The second-order valence-corrected chi connectivity index (χ2v) is 9.46. The molecule has 2 rings (SSSR count). The minimum atomic E-state index is 0.381. The van der Waals surface area contributed by atoms with Crippen molar-refractivity contribution in [3.63, 3.8) is 0 Å². The van der Waals surface area contributed by atoms with Gasteiger partial charge in [-0.05, 0) is 49.3 Å². The third-order valence-corrected chi connectivity index (χ3v) is 4.95. The van der Waals surface area contributed by atoms with Crippen LogP contribution in [0.15, 0.2) is 12.1 Å². The molecule has 0 spiro atoms. The zero-order chi connectivity index (χ0) is 13.8. The van der Waals surface area contributed by atoms with E-state index in [-0.39, 0.29) is 0 Å². The number of benzene rings is 1. The largest absolute Gasteiger partial charge is 0.0761 e. The zero-order valence-corrected chi connectivity index (χ0v) is 15.2. The summed E-state index contributed by atoms with van der Waals surface area (Å²) in [4.78, 5) is 0.